The zero-order chi connectivity index (χ0) is 13.8. The summed E-state index contributed by atoms with van der Waals surface area (Å²) in [5.74, 6) is -1.25. The Morgan fingerprint density at radius 3 is 2.67 bits per heavy atom. The lowest BCUT2D eigenvalue weighted by atomic mass is 10.1. The first-order valence-corrected chi connectivity index (χ1v) is 6.79. The summed E-state index contributed by atoms with van der Waals surface area (Å²) in [6.45, 7) is 0.135. The van der Waals surface area contributed by atoms with Gasteiger partial charge in [-0.25, -0.2) is 17.9 Å². The Kier molecular flexibility index (Phi) is 4.51. The summed E-state index contributed by atoms with van der Waals surface area (Å²) in [5.41, 5.74) is 6.13. The number of nitrogens with one attached hydrogen (secondary N) is 2. The van der Waals surface area contributed by atoms with Crippen molar-refractivity contribution in [1.82, 2.24) is 4.72 Å². The number of nitrogens with two attached hydrogens (primary N) is 1. The number of anilines is 2. The van der Waals surface area contributed by atoms with Crippen LogP contribution >= 0.6 is 0 Å². The summed E-state index contributed by atoms with van der Waals surface area (Å²) in [6.07, 6.45) is 0. The summed E-state index contributed by atoms with van der Waals surface area (Å²) in [4.78, 5) is 10.8. The summed E-state index contributed by atoms with van der Waals surface area (Å²) >= 11 is 0. The molecule has 8 heteroatoms. The Bertz CT molecular complexity index is 542. The number of carboxylic acid groups (broad SMARTS) is 1. The van der Waals surface area contributed by atoms with Crippen molar-refractivity contribution in [3.05, 3.63) is 23.8 Å². The van der Waals surface area contributed by atoms with Crippen LogP contribution in [0.5, 0.6) is 0 Å². The third-order valence-corrected chi connectivity index (χ3v) is 3.70. The molecule has 1 aromatic rings. The lowest BCUT2D eigenvalue weighted by molar-refractivity contribution is 0.0698. The van der Waals surface area contributed by atoms with Crippen molar-refractivity contribution >= 4 is 27.4 Å². The maximum atomic E-state index is 11.2. The number of benzene rings is 1. The van der Waals surface area contributed by atoms with E-state index >= 15 is 0 Å². The molecule has 0 aliphatic carbocycles. The third-order valence-electron chi connectivity index (χ3n) is 2.33. The first-order valence-electron chi connectivity index (χ1n) is 5.14. The average molecular weight is 273 g/mol. The molecule has 0 spiro atoms. The van der Waals surface area contributed by atoms with E-state index in [1.165, 1.54) is 19.2 Å². The largest absolute Gasteiger partial charge is 0.478 e. The smallest absolute Gasteiger partial charge is 0.337 e. The van der Waals surface area contributed by atoms with Gasteiger partial charge in [-0.1, -0.05) is 6.07 Å². The topological polar surface area (TPSA) is 122 Å². The molecule has 0 amide bonds. The van der Waals surface area contributed by atoms with Crippen LogP contribution in [0.15, 0.2) is 18.2 Å². The maximum absolute atomic E-state index is 11.2. The van der Waals surface area contributed by atoms with Gasteiger partial charge in [0.05, 0.1) is 22.7 Å². The number of carbonyl (C=O) groups is 1. The van der Waals surface area contributed by atoms with Crippen molar-refractivity contribution in [1.29, 1.82) is 0 Å². The number of para-hydroxylation sites is 1. The zero-order valence-electron chi connectivity index (χ0n) is 9.80. The molecule has 0 heterocycles. The van der Waals surface area contributed by atoms with Crippen molar-refractivity contribution < 1.29 is 18.3 Å². The molecule has 0 bridgehead atoms. The van der Waals surface area contributed by atoms with E-state index in [2.05, 4.69) is 10.0 Å². The molecule has 1 rings (SSSR count). The number of rotatable bonds is 6. The van der Waals surface area contributed by atoms with E-state index in [-0.39, 0.29) is 23.5 Å². The highest BCUT2D eigenvalue weighted by Gasteiger charge is 2.11. The Labute approximate surface area is 105 Å². The molecule has 100 valence electrons. The van der Waals surface area contributed by atoms with Gasteiger partial charge < -0.3 is 16.2 Å². The molecule has 0 unspecified atom stereocenters. The fourth-order valence-electron chi connectivity index (χ4n) is 1.33. The van der Waals surface area contributed by atoms with Crippen LogP contribution in [0, 0.1) is 0 Å². The molecule has 0 aliphatic heterocycles. The molecule has 7 nitrogen and oxygen atoms in total. The van der Waals surface area contributed by atoms with Gasteiger partial charge in [-0.05, 0) is 19.2 Å². The van der Waals surface area contributed by atoms with Gasteiger partial charge in [-0.15, -0.1) is 0 Å². The minimum Gasteiger partial charge on any atom is -0.478 e. The van der Waals surface area contributed by atoms with E-state index in [0.29, 0.717) is 5.69 Å². The number of aromatic carboxylic acids is 1. The van der Waals surface area contributed by atoms with Crippen molar-refractivity contribution in [2.75, 3.05) is 30.4 Å². The van der Waals surface area contributed by atoms with E-state index < -0.39 is 16.0 Å². The molecule has 0 aromatic heterocycles. The van der Waals surface area contributed by atoms with Crippen LogP contribution in [-0.2, 0) is 10.0 Å². The predicted molar refractivity (Wildman–Crippen MR) is 69.1 cm³/mol. The Balaban J connectivity index is 2.75. The molecular weight excluding hydrogens is 258 g/mol. The Morgan fingerprint density at radius 2 is 2.11 bits per heavy atom. The first-order chi connectivity index (χ1) is 8.37. The fourth-order valence-corrected chi connectivity index (χ4v) is 1.90. The van der Waals surface area contributed by atoms with Crippen molar-refractivity contribution in [2.45, 2.75) is 0 Å². The average Bonchev–Trinajstić information content (AvgIpc) is 2.31. The molecule has 0 aliphatic rings. The van der Waals surface area contributed by atoms with Crippen LogP contribution in [0.3, 0.4) is 0 Å². The van der Waals surface area contributed by atoms with E-state index in [9.17, 15) is 13.2 Å². The van der Waals surface area contributed by atoms with Gasteiger partial charge in [-0.3, -0.25) is 0 Å². The van der Waals surface area contributed by atoms with E-state index in [4.69, 9.17) is 10.8 Å². The Morgan fingerprint density at radius 1 is 1.44 bits per heavy atom. The van der Waals surface area contributed by atoms with Crippen molar-refractivity contribution in [3.63, 3.8) is 0 Å². The van der Waals surface area contributed by atoms with Gasteiger partial charge in [0.15, 0.2) is 0 Å². The van der Waals surface area contributed by atoms with E-state index in [1.807, 2.05) is 0 Å². The van der Waals surface area contributed by atoms with E-state index in [0.717, 1.165) is 0 Å². The highest BCUT2D eigenvalue weighted by Crippen LogP contribution is 2.22. The summed E-state index contributed by atoms with van der Waals surface area (Å²) < 4.78 is 24.5. The third kappa shape index (κ3) is 3.60. The molecular formula is C10H15N3O4S. The molecule has 1 aromatic carbocycles. The molecule has 0 fully saturated rings. The van der Waals surface area contributed by atoms with Crippen LogP contribution < -0.4 is 15.8 Å². The normalized spacial score (nSPS) is 11.2. The first kappa shape index (κ1) is 14.3. The lowest BCUT2D eigenvalue weighted by Crippen LogP contribution is -2.26. The second-order valence-electron chi connectivity index (χ2n) is 3.52. The lowest BCUT2D eigenvalue weighted by Gasteiger charge is -2.11. The zero-order valence-corrected chi connectivity index (χ0v) is 10.6. The van der Waals surface area contributed by atoms with Crippen LogP contribution in [0.25, 0.3) is 0 Å². The monoisotopic (exact) mass is 273 g/mol. The van der Waals surface area contributed by atoms with Crippen LogP contribution in [0.1, 0.15) is 10.4 Å². The minimum absolute atomic E-state index is 0.0172. The predicted octanol–water partition coefficient (Wildman–Crippen LogP) is -0.0719. The summed E-state index contributed by atoms with van der Waals surface area (Å²) in [5, 5.41) is 11.7. The van der Waals surface area contributed by atoms with Gasteiger partial charge in [0.25, 0.3) is 0 Å². The fraction of sp³-hybridized carbons (Fsp3) is 0.300. The molecule has 18 heavy (non-hydrogen) atoms. The van der Waals surface area contributed by atoms with Gasteiger partial charge in [0, 0.05) is 6.54 Å². The molecule has 0 atom stereocenters. The number of carboxylic acids is 1. The second-order valence-corrected chi connectivity index (χ2v) is 5.57. The van der Waals surface area contributed by atoms with Crippen molar-refractivity contribution in [2.24, 2.45) is 0 Å². The molecule has 0 saturated heterocycles. The standard InChI is InChI=1S/C10H15N3O4S/c1-12-18(16,17)6-5-13-8-4-2-3-7(9(8)11)10(14)15/h2-4,12-13H,5-6,11H2,1H3,(H,14,15). The summed E-state index contributed by atoms with van der Waals surface area (Å²) in [7, 11) is -1.97. The van der Waals surface area contributed by atoms with Gasteiger partial charge in [0.1, 0.15) is 0 Å². The molecule has 0 radical (unpaired) electrons. The van der Waals surface area contributed by atoms with Crippen LogP contribution in [0.2, 0.25) is 0 Å². The van der Waals surface area contributed by atoms with Crippen molar-refractivity contribution in [3.8, 4) is 0 Å². The maximum Gasteiger partial charge on any atom is 0.337 e. The van der Waals surface area contributed by atoms with Crippen LogP contribution in [0.4, 0.5) is 11.4 Å². The molecule has 5 N–H and O–H groups in total. The summed E-state index contributed by atoms with van der Waals surface area (Å²) in [6, 6.07) is 4.51. The number of nitrogen functional groups attached to an aromatic ring is 1. The SMILES string of the molecule is CNS(=O)(=O)CCNc1cccc(C(=O)O)c1N. The Hall–Kier alpha value is -1.80. The van der Waals surface area contributed by atoms with Gasteiger partial charge in [-0.2, -0.15) is 0 Å². The number of hydrogen-bond acceptors (Lipinski definition) is 5. The van der Waals surface area contributed by atoms with Gasteiger partial charge in [0.2, 0.25) is 10.0 Å². The van der Waals surface area contributed by atoms with Crippen LogP contribution in [-0.4, -0.2) is 38.8 Å². The number of hydrogen-bond donors (Lipinski definition) is 4. The highest BCUT2D eigenvalue weighted by molar-refractivity contribution is 7.89. The quantitative estimate of drug-likeness (QED) is 0.538. The minimum atomic E-state index is -3.30. The highest BCUT2D eigenvalue weighted by atomic mass is 32.2. The molecule has 0 saturated carbocycles. The second kappa shape index (κ2) is 5.69. The van der Waals surface area contributed by atoms with E-state index in [1.54, 1.807) is 6.07 Å². The number of sulfonamides is 1. The van der Waals surface area contributed by atoms with Gasteiger partial charge >= 0.3 is 5.97 Å².